The summed E-state index contributed by atoms with van der Waals surface area (Å²) in [6.07, 6.45) is -0.349. The van der Waals surface area contributed by atoms with Crippen LogP contribution in [0.1, 0.15) is 30.3 Å². The van der Waals surface area contributed by atoms with Gasteiger partial charge in [0.1, 0.15) is 12.1 Å². The molecule has 110 valence electrons. The number of aryl methyl sites for hydroxylation is 2. The van der Waals surface area contributed by atoms with Crippen LogP contribution in [0.4, 0.5) is 0 Å². The normalized spacial score (nSPS) is 22.3. The fourth-order valence-electron chi connectivity index (χ4n) is 2.95. The minimum absolute atomic E-state index is 0.171. The second kappa shape index (κ2) is 4.96. The van der Waals surface area contributed by atoms with Gasteiger partial charge in [0.2, 0.25) is 5.91 Å². The molecule has 0 saturated carbocycles. The molecule has 0 bridgehead atoms. The third kappa shape index (κ3) is 2.21. The molecule has 0 radical (unpaired) electrons. The van der Waals surface area contributed by atoms with Gasteiger partial charge in [0, 0.05) is 6.42 Å². The molecule has 1 fully saturated rings. The van der Waals surface area contributed by atoms with Gasteiger partial charge < -0.3 is 10.4 Å². The first-order chi connectivity index (χ1) is 9.99. The number of rotatable bonds is 1. The number of aliphatic hydroxyl groups excluding tert-OH is 1. The van der Waals surface area contributed by atoms with E-state index >= 15 is 0 Å². The number of hydrogen-bond donors (Lipinski definition) is 2. The summed E-state index contributed by atoms with van der Waals surface area (Å²) >= 11 is 0. The number of aromatic nitrogens is 2. The summed E-state index contributed by atoms with van der Waals surface area (Å²) in [5, 5.41) is 13.1. The quantitative estimate of drug-likeness (QED) is 0.812. The van der Waals surface area contributed by atoms with Crippen molar-refractivity contribution in [1.82, 2.24) is 14.9 Å². The Bertz CT molecular complexity index is 782. The van der Waals surface area contributed by atoms with E-state index in [4.69, 9.17) is 0 Å². The number of nitrogens with one attached hydrogen (secondary N) is 1. The van der Waals surface area contributed by atoms with Gasteiger partial charge >= 0.3 is 0 Å². The summed E-state index contributed by atoms with van der Waals surface area (Å²) in [4.78, 5) is 28.6. The van der Waals surface area contributed by atoms with Crippen molar-refractivity contribution in [2.45, 2.75) is 39.0 Å². The van der Waals surface area contributed by atoms with Crippen LogP contribution in [-0.4, -0.2) is 26.8 Å². The molecule has 0 aliphatic carbocycles. The van der Waals surface area contributed by atoms with Gasteiger partial charge in [-0.25, -0.2) is 4.98 Å². The van der Waals surface area contributed by atoms with Crippen molar-refractivity contribution in [3.63, 3.8) is 0 Å². The molecule has 1 aromatic heterocycles. The fourth-order valence-corrected chi connectivity index (χ4v) is 2.95. The monoisotopic (exact) mass is 287 g/mol. The van der Waals surface area contributed by atoms with Crippen LogP contribution in [0, 0.1) is 13.8 Å². The first-order valence-electron chi connectivity index (χ1n) is 6.95. The standard InChI is InChI=1S/C15H17N3O3/c1-8-4-3-5-10-13(8)15(21)18(9(2)16-10)11-6-7-12(19)17-14(11)20/h3-5,11,14,20H,6-7H2,1-2H3,(H,17,19)/t11-,14?/m1/s1. The second-order valence-corrected chi connectivity index (χ2v) is 5.42. The van der Waals surface area contributed by atoms with Gasteiger partial charge in [0.05, 0.1) is 16.9 Å². The van der Waals surface area contributed by atoms with Gasteiger partial charge in [0.15, 0.2) is 0 Å². The average molecular weight is 287 g/mol. The number of carbonyl (C=O) groups excluding carboxylic acids is 1. The van der Waals surface area contributed by atoms with E-state index < -0.39 is 12.3 Å². The molecule has 6 nitrogen and oxygen atoms in total. The molecule has 1 aliphatic rings. The molecule has 1 amide bonds. The van der Waals surface area contributed by atoms with Gasteiger partial charge in [0.25, 0.3) is 5.56 Å². The number of benzene rings is 1. The molecule has 3 rings (SSSR count). The van der Waals surface area contributed by atoms with Crippen LogP contribution >= 0.6 is 0 Å². The molecule has 2 aromatic rings. The van der Waals surface area contributed by atoms with Crippen molar-refractivity contribution in [1.29, 1.82) is 0 Å². The van der Waals surface area contributed by atoms with Crippen molar-refractivity contribution in [3.8, 4) is 0 Å². The number of aliphatic hydroxyl groups is 1. The molecule has 1 aliphatic heterocycles. The predicted molar refractivity (Wildman–Crippen MR) is 77.9 cm³/mol. The molecule has 1 saturated heterocycles. The van der Waals surface area contributed by atoms with Crippen LogP contribution in [0.25, 0.3) is 10.9 Å². The van der Waals surface area contributed by atoms with Gasteiger partial charge in [-0.05, 0) is 31.9 Å². The molecule has 1 aromatic carbocycles. The average Bonchev–Trinajstić information content (AvgIpc) is 2.40. The van der Waals surface area contributed by atoms with E-state index in [1.807, 2.05) is 19.1 Å². The van der Waals surface area contributed by atoms with Gasteiger partial charge in [-0.3, -0.25) is 14.2 Å². The summed E-state index contributed by atoms with van der Waals surface area (Å²) in [6.45, 7) is 3.61. The van der Waals surface area contributed by atoms with Crippen molar-refractivity contribution in [2.24, 2.45) is 0 Å². The van der Waals surface area contributed by atoms with Crippen LogP contribution in [0.3, 0.4) is 0 Å². The Hall–Kier alpha value is -2.21. The lowest BCUT2D eigenvalue weighted by Crippen LogP contribution is -2.48. The largest absolute Gasteiger partial charge is 0.372 e. The highest BCUT2D eigenvalue weighted by atomic mass is 16.3. The van der Waals surface area contributed by atoms with E-state index in [1.165, 1.54) is 4.57 Å². The van der Waals surface area contributed by atoms with E-state index in [9.17, 15) is 14.7 Å². The number of nitrogens with zero attached hydrogens (tertiary/aromatic N) is 2. The summed E-state index contributed by atoms with van der Waals surface area (Å²) < 4.78 is 1.50. The SMILES string of the molecule is Cc1cccc2nc(C)n([C@@H]3CCC(=O)NC3O)c(=O)c12. The Morgan fingerprint density at radius 3 is 2.81 bits per heavy atom. The summed E-state index contributed by atoms with van der Waals surface area (Å²) in [6, 6.07) is 5.06. The van der Waals surface area contributed by atoms with Gasteiger partial charge in [-0.1, -0.05) is 12.1 Å². The number of piperidine rings is 1. The lowest BCUT2D eigenvalue weighted by Gasteiger charge is -2.30. The third-order valence-corrected chi connectivity index (χ3v) is 3.99. The van der Waals surface area contributed by atoms with Crippen molar-refractivity contribution in [3.05, 3.63) is 39.9 Å². The van der Waals surface area contributed by atoms with Crippen LogP contribution < -0.4 is 10.9 Å². The molecule has 6 heteroatoms. The van der Waals surface area contributed by atoms with Crippen LogP contribution in [0.15, 0.2) is 23.0 Å². The van der Waals surface area contributed by atoms with Crippen LogP contribution in [0.5, 0.6) is 0 Å². The maximum Gasteiger partial charge on any atom is 0.262 e. The summed E-state index contributed by atoms with van der Waals surface area (Å²) in [7, 11) is 0. The Balaban J connectivity index is 2.21. The minimum atomic E-state index is -1.06. The van der Waals surface area contributed by atoms with Crippen LogP contribution in [0.2, 0.25) is 0 Å². The lowest BCUT2D eigenvalue weighted by atomic mass is 10.0. The molecule has 2 atom stereocenters. The lowest BCUT2D eigenvalue weighted by molar-refractivity contribution is -0.128. The molecular weight excluding hydrogens is 270 g/mol. The highest BCUT2D eigenvalue weighted by Gasteiger charge is 2.30. The zero-order valence-corrected chi connectivity index (χ0v) is 12.0. The van der Waals surface area contributed by atoms with Crippen molar-refractivity contribution in [2.75, 3.05) is 0 Å². The van der Waals surface area contributed by atoms with Crippen molar-refractivity contribution < 1.29 is 9.90 Å². The third-order valence-electron chi connectivity index (χ3n) is 3.99. The Kier molecular flexibility index (Phi) is 3.25. The minimum Gasteiger partial charge on any atom is -0.372 e. The smallest absolute Gasteiger partial charge is 0.262 e. The number of amides is 1. The first-order valence-corrected chi connectivity index (χ1v) is 6.95. The number of fused-ring (bicyclic) bond motifs is 1. The maximum atomic E-state index is 12.8. The zero-order chi connectivity index (χ0) is 15.1. The van der Waals surface area contributed by atoms with Crippen LogP contribution in [-0.2, 0) is 4.79 Å². The molecule has 1 unspecified atom stereocenters. The Labute approximate surface area is 121 Å². The topological polar surface area (TPSA) is 84.2 Å². The molecular formula is C15H17N3O3. The molecule has 2 heterocycles. The van der Waals surface area contributed by atoms with E-state index in [0.29, 0.717) is 29.6 Å². The molecule has 21 heavy (non-hydrogen) atoms. The van der Waals surface area contributed by atoms with E-state index in [0.717, 1.165) is 5.56 Å². The van der Waals surface area contributed by atoms with Gasteiger partial charge in [-0.2, -0.15) is 0 Å². The first kappa shape index (κ1) is 13.8. The predicted octanol–water partition coefficient (Wildman–Crippen LogP) is 0.783. The fraction of sp³-hybridized carbons (Fsp3) is 0.400. The van der Waals surface area contributed by atoms with E-state index in [1.54, 1.807) is 13.0 Å². The summed E-state index contributed by atoms with van der Waals surface area (Å²) in [5.74, 6) is 0.340. The maximum absolute atomic E-state index is 12.8. The van der Waals surface area contributed by atoms with E-state index in [-0.39, 0.29) is 11.5 Å². The Morgan fingerprint density at radius 1 is 1.33 bits per heavy atom. The second-order valence-electron chi connectivity index (χ2n) is 5.42. The van der Waals surface area contributed by atoms with E-state index in [2.05, 4.69) is 10.3 Å². The Morgan fingerprint density at radius 2 is 2.10 bits per heavy atom. The van der Waals surface area contributed by atoms with Crippen molar-refractivity contribution >= 4 is 16.8 Å². The summed E-state index contributed by atoms with van der Waals surface area (Å²) in [5.41, 5.74) is 1.34. The highest BCUT2D eigenvalue weighted by Crippen LogP contribution is 2.23. The molecule has 0 spiro atoms. The highest BCUT2D eigenvalue weighted by molar-refractivity contribution is 5.81. The number of hydrogen-bond acceptors (Lipinski definition) is 4. The molecule has 2 N–H and O–H groups in total. The number of carbonyl (C=O) groups is 1. The van der Waals surface area contributed by atoms with Gasteiger partial charge in [-0.15, -0.1) is 0 Å². The zero-order valence-electron chi connectivity index (χ0n) is 12.0.